The molecule has 94 valence electrons. The van der Waals surface area contributed by atoms with E-state index in [0.29, 0.717) is 5.66 Å². The molecule has 2 aromatic carbocycles. The normalized spacial score (nSPS) is 12.0. The molecule has 0 heterocycles. The molecule has 0 aliphatic heterocycles. The average molecular weight is 321 g/mol. The van der Waals surface area contributed by atoms with E-state index < -0.39 is 0 Å². The number of benzene rings is 2. The van der Waals surface area contributed by atoms with Crippen molar-refractivity contribution >= 4 is 42.9 Å². The Morgan fingerprint density at radius 1 is 0.889 bits per heavy atom. The van der Waals surface area contributed by atoms with Crippen LogP contribution in [0.3, 0.4) is 0 Å². The van der Waals surface area contributed by atoms with Gasteiger partial charge >= 0.3 is 0 Å². The highest BCUT2D eigenvalue weighted by Gasteiger charge is 2.19. The first kappa shape index (κ1) is 15.5. The molecule has 1 unspecified atom stereocenters. The molecule has 2 aromatic rings. The van der Waals surface area contributed by atoms with E-state index in [1.165, 1.54) is 15.1 Å². The summed E-state index contributed by atoms with van der Waals surface area (Å²) in [6, 6.07) is 19.4. The maximum Gasteiger partial charge on any atom is 0.0814 e. The molecule has 2 rings (SSSR count). The van der Waals surface area contributed by atoms with Crippen LogP contribution in [0.1, 0.15) is 13.8 Å². The zero-order chi connectivity index (χ0) is 12.3. The van der Waals surface area contributed by atoms with E-state index >= 15 is 0 Å². The molecule has 0 fully saturated rings. The summed E-state index contributed by atoms with van der Waals surface area (Å²) in [5.74, 6) is 0. The van der Waals surface area contributed by atoms with Crippen LogP contribution in [0, 0.1) is 0 Å². The molecule has 3 heteroatoms. The molecule has 0 N–H and O–H groups in total. The van der Waals surface area contributed by atoms with Crippen LogP contribution in [0.15, 0.2) is 59.1 Å². The van der Waals surface area contributed by atoms with Gasteiger partial charge in [-0.05, 0) is 30.3 Å². The van der Waals surface area contributed by atoms with Gasteiger partial charge in [0.05, 0.1) is 8.41 Å². The van der Waals surface area contributed by atoms with Gasteiger partial charge in [-0.25, -0.2) is 0 Å². The quantitative estimate of drug-likeness (QED) is 0.602. The molecule has 0 spiro atoms. The molecule has 1 atom stereocenters. The van der Waals surface area contributed by atoms with Gasteiger partial charge < -0.3 is 0 Å². The van der Waals surface area contributed by atoms with Crippen molar-refractivity contribution in [2.75, 3.05) is 0 Å². The fraction of sp³-hybridized carbons (Fsp3) is 0.200. The van der Waals surface area contributed by atoms with Gasteiger partial charge in [0, 0.05) is 4.47 Å². The molecule has 0 aromatic heterocycles. The van der Waals surface area contributed by atoms with E-state index in [0.717, 1.165) is 0 Å². The van der Waals surface area contributed by atoms with Crippen LogP contribution in [0.4, 0.5) is 0 Å². The van der Waals surface area contributed by atoms with Gasteiger partial charge in [0.15, 0.2) is 0 Å². The predicted octanol–water partition coefficient (Wildman–Crippen LogP) is 3.11. The summed E-state index contributed by atoms with van der Waals surface area (Å²) in [4.78, 5) is 0. The van der Waals surface area contributed by atoms with Crippen molar-refractivity contribution in [2.45, 2.75) is 19.5 Å². The van der Waals surface area contributed by atoms with Crippen LogP contribution in [0.5, 0.6) is 0 Å². The zero-order valence-corrected chi connectivity index (χ0v) is 12.6. The third-order valence-electron chi connectivity index (χ3n) is 2.66. The van der Waals surface area contributed by atoms with Crippen LogP contribution in [0.25, 0.3) is 0 Å². The minimum Gasteiger partial charge on any atom is -0.0622 e. The molecule has 0 aliphatic carbocycles. The molecule has 0 nitrogen and oxygen atoms in total. The SMILES string of the molecule is B.CC(C)P(c1ccccc1)c1ccccc1Br. The van der Waals surface area contributed by atoms with Crippen LogP contribution in [0.2, 0.25) is 0 Å². The van der Waals surface area contributed by atoms with Crippen molar-refractivity contribution in [1.82, 2.24) is 0 Å². The van der Waals surface area contributed by atoms with E-state index in [-0.39, 0.29) is 16.3 Å². The first-order chi connectivity index (χ1) is 8.20. The number of hydrogen-bond donors (Lipinski definition) is 0. The summed E-state index contributed by atoms with van der Waals surface area (Å²) in [6.07, 6.45) is 0. The highest BCUT2D eigenvalue weighted by molar-refractivity contribution is 9.10. The van der Waals surface area contributed by atoms with E-state index in [9.17, 15) is 0 Å². The third-order valence-corrected chi connectivity index (χ3v) is 6.46. The molecule has 0 bridgehead atoms. The number of rotatable bonds is 3. The largest absolute Gasteiger partial charge is 0.0814 e. The molecule has 0 amide bonds. The number of hydrogen-bond acceptors (Lipinski definition) is 0. The van der Waals surface area contributed by atoms with Crippen LogP contribution < -0.4 is 10.6 Å². The fourth-order valence-electron chi connectivity index (χ4n) is 1.95. The first-order valence-electron chi connectivity index (χ1n) is 5.79. The third kappa shape index (κ3) is 3.46. The molecule has 0 saturated carbocycles. The van der Waals surface area contributed by atoms with Crippen molar-refractivity contribution in [3.05, 3.63) is 59.1 Å². The van der Waals surface area contributed by atoms with Gasteiger partial charge in [-0.15, -0.1) is 0 Å². The molecular formula is C15H19BBrP. The maximum absolute atomic E-state index is 3.68. The summed E-state index contributed by atoms with van der Waals surface area (Å²) < 4.78 is 1.23. The Balaban J connectivity index is 0.00000162. The van der Waals surface area contributed by atoms with Crippen molar-refractivity contribution in [2.24, 2.45) is 0 Å². The average Bonchev–Trinajstić information content (AvgIpc) is 2.33. The Morgan fingerprint density at radius 3 is 2.00 bits per heavy atom. The summed E-state index contributed by atoms with van der Waals surface area (Å²) in [5.41, 5.74) is 0.645. The predicted molar refractivity (Wildman–Crippen MR) is 91.8 cm³/mol. The highest BCUT2D eigenvalue weighted by atomic mass is 79.9. The first-order valence-corrected chi connectivity index (χ1v) is 7.99. The Morgan fingerprint density at radius 2 is 1.44 bits per heavy atom. The smallest absolute Gasteiger partial charge is 0.0622 e. The summed E-state index contributed by atoms with van der Waals surface area (Å²) >= 11 is 3.68. The zero-order valence-electron chi connectivity index (χ0n) is 10.1. The van der Waals surface area contributed by atoms with E-state index in [1.54, 1.807) is 0 Å². The fourth-order valence-corrected chi connectivity index (χ4v) is 5.28. The van der Waals surface area contributed by atoms with Gasteiger partial charge in [-0.3, -0.25) is 0 Å². The van der Waals surface area contributed by atoms with Crippen LogP contribution in [-0.4, -0.2) is 14.1 Å². The van der Waals surface area contributed by atoms with Gasteiger partial charge in [0.1, 0.15) is 0 Å². The molecule has 0 saturated heterocycles. The molecule has 0 aliphatic rings. The monoisotopic (exact) mass is 320 g/mol. The van der Waals surface area contributed by atoms with Crippen molar-refractivity contribution in [3.63, 3.8) is 0 Å². The van der Waals surface area contributed by atoms with Crippen LogP contribution >= 0.6 is 23.9 Å². The second kappa shape index (κ2) is 7.11. The van der Waals surface area contributed by atoms with Gasteiger partial charge in [0.2, 0.25) is 0 Å². The second-order valence-corrected chi connectivity index (χ2v) is 7.88. The van der Waals surface area contributed by atoms with Gasteiger partial charge in [0.25, 0.3) is 0 Å². The maximum atomic E-state index is 3.68. The summed E-state index contributed by atoms with van der Waals surface area (Å²) in [7, 11) is -0.278. The lowest BCUT2D eigenvalue weighted by Gasteiger charge is -2.23. The van der Waals surface area contributed by atoms with E-state index in [2.05, 4.69) is 84.4 Å². The van der Waals surface area contributed by atoms with E-state index in [1.807, 2.05) is 0 Å². The van der Waals surface area contributed by atoms with Crippen molar-refractivity contribution in [3.8, 4) is 0 Å². The number of halogens is 1. The molecule has 0 radical (unpaired) electrons. The Bertz CT molecular complexity index is 485. The lowest BCUT2D eigenvalue weighted by molar-refractivity contribution is 1.10. The highest BCUT2D eigenvalue weighted by Crippen LogP contribution is 2.40. The summed E-state index contributed by atoms with van der Waals surface area (Å²) in [5, 5.41) is 2.88. The Labute approximate surface area is 121 Å². The lowest BCUT2D eigenvalue weighted by Crippen LogP contribution is -2.18. The summed E-state index contributed by atoms with van der Waals surface area (Å²) in [6.45, 7) is 4.61. The molecule has 18 heavy (non-hydrogen) atoms. The minimum absolute atomic E-state index is 0. The minimum atomic E-state index is -0.278. The lowest BCUT2D eigenvalue weighted by atomic mass is 10.4. The van der Waals surface area contributed by atoms with E-state index in [4.69, 9.17) is 0 Å². The Hall–Kier alpha value is -0.585. The van der Waals surface area contributed by atoms with Gasteiger partial charge in [-0.2, -0.15) is 0 Å². The van der Waals surface area contributed by atoms with Gasteiger partial charge in [-0.1, -0.05) is 78.3 Å². The van der Waals surface area contributed by atoms with Crippen molar-refractivity contribution < 1.29 is 0 Å². The molecular weight excluding hydrogens is 302 g/mol. The van der Waals surface area contributed by atoms with Crippen molar-refractivity contribution in [1.29, 1.82) is 0 Å². The topological polar surface area (TPSA) is 0 Å². The second-order valence-electron chi connectivity index (χ2n) is 4.25. The van der Waals surface area contributed by atoms with Crippen LogP contribution in [-0.2, 0) is 0 Å². The Kier molecular flexibility index (Phi) is 6.12. The standard InChI is InChI=1S/C15H16BrP.BH3/c1-12(2)17(13-8-4-3-5-9-13)15-11-7-6-10-14(15)16;/h3-12H,1-2H3;1H3.